The van der Waals surface area contributed by atoms with Gasteiger partial charge in [0, 0.05) is 0 Å². The third-order valence-electron chi connectivity index (χ3n) is 3.26. The third kappa shape index (κ3) is 2.27. The molecule has 104 valence electrons. The number of hydrogen-bond donors (Lipinski definition) is 1. The fourth-order valence-electron chi connectivity index (χ4n) is 2.18. The smallest absolute Gasteiger partial charge is 0.231 e. The van der Waals surface area contributed by atoms with Gasteiger partial charge in [-0.05, 0) is 57.7 Å². The molecular formula is C15H12BrFO3. The highest BCUT2D eigenvalue weighted by Gasteiger charge is 2.21. The number of aliphatic hydroxyl groups is 1. The van der Waals surface area contributed by atoms with Crippen molar-refractivity contribution in [2.45, 2.75) is 13.0 Å². The minimum absolute atomic E-state index is 0.170. The van der Waals surface area contributed by atoms with Crippen LogP contribution in [-0.4, -0.2) is 11.9 Å². The molecule has 1 unspecified atom stereocenters. The summed E-state index contributed by atoms with van der Waals surface area (Å²) in [5.41, 5.74) is 1.79. The minimum atomic E-state index is -0.847. The van der Waals surface area contributed by atoms with Gasteiger partial charge in [-0.1, -0.05) is 12.1 Å². The van der Waals surface area contributed by atoms with Gasteiger partial charge in [0.15, 0.2) is 11.5 Å². The molecule has 1 heterocycles. The van der Waals surface area contributed by atoms with Crippen molar-refractivity contribution in [3.8, 4) is 11.5 Å². The van der Waals surface area contributed by atoms with E-state index in [1.54, 1.807) is 31.2 Å². The highest BCUT2D eigenvalue weighted by molar-refractivity contribution is 9.10. The first-order chi connectivity index (χ1) is 9.56. The number of aryl methyl sites for hydroxylation is 1. The number of fused-ring (bicyclic) bond motifs is 1. The van der Waals surface area contributed by atoms with Crippen LogP contribution in [-0.2, 0) is 0 Å². The second-order valence-electron chi connectivity index (χ2n) is 4.65. The molecule has 0 amide bonds. The minimum Gasteiger partial charge on any atom is -0.454 e. The summed E-state index contributed by atoms with van der Waals surface area (Å²) in [6, 6.07) is 8.08. The lowest BCUT2D eigenvalue weighted by Crippen LogP contribution is -2.01. The van der Waals surface area contributed by atoms with Crippen molar-refractivity contribution in [3.63, 3.8) is 0 Å². The van der Waals surface area contributed by atoms with Crippen molar-refractivity contribution in [3.05, 3.63) is 57.3 Å². The Morgan fingerprint density at radius 2 is 2.00 bits per heavy atom. The van der Waals surface area contributed by atoms with Crippen molar-refractivity contribution in [1.82, 2.24) is 0 Å². The van der Waals surface area contributed by atoms with Crippen LogP contribution in [0.2, 0.25) is 0 Å². The lowest BCUT2D eigenvalue weighted by Gasteiger charge is -2.14. The van der Waals surface area contributed by atoms with Crippen molar-refractivity contribution >= 4 is 15.9 Å². The van der Waals surface area contributed by atoms with Gasteiger partial charge in [-0.2, -0.15) is 0 Å². The Morgan fingerprint density at radius 3 is 2.75 bits per heavy atom. The Kier molecular flexibility index (Phi) is 3.40. The van der Waals surface area contributed by atoms with Gasteiger partial charge >= 0.3 is 0 Å². The summed E-state index contributed by atoms with van der Waals surface area (Å²) in [6.07, 6.45) is -0.847. The zero-order valence-electron chi connectivity index (χ0n) is 10.7. The van der Waals surface area contributed by atoms with Gasteiger partial charge in [-0.25, -0.2) is 4.39 Å². The van der Waals surface area contributed by atoms with Gasteiger partial charge in [-0.3, -0.25) is 0 Å². The molecule has 0 spiro atoms. The number of aliphatic hydroxyl groups excluding tert-OH is 1. The lowest BCUT2D eigenvalue weighted by atomic mass is 9.99. The summed E-state index contributed by atoms with van der Waals surface area (Å²) in [4.78, 5) is 0. The van der Waals surface area contributed by atoms with Crippen LogP contribution in [0.15, 0.2) is 34.8 Å². The molecule has 0 fully saturated rings. The van der Waals surface area contributed by atoms with E-state index in [1.165, 1.54) is 6.07 Å². The van der Waals surface area contributed by atoms with Crippen molar-refractivity contribution in [1.29, 1.82) is 0 Å². The molecule has 2 aromatic carbocycles. The topological polar surface area (TPSA) is 38.7 Å². The van der Waals surface area contributed by atoms with Crippen molar-refractivity contribution in [2.75, 3.05) is 6.79 Å². The average Bonchev–Trinajstić information content (AvgIpc) is 2.90. The van der Waals surface area contributed by atoms with E-state index in [0.717, 1.165) is 4.47 Å². The first-order valence-electron chi connectivity index (χ1n) is 6.09. The Morgan fingerprint density at radius 1 is 1.20 bits per heavy atom. The fourth-order valence-corrected chi connectivity index (χ4v) is 2.75. The van der Waals surface area contributed by atoms with E-state index in [-0.39, 0.29) is 12.6 Å². The van der Waals surface area contributed by atoms with Crippen LogP contribution in [0.5, 0.6) is 11.5 Å². The van der Waals surface area contributed by atoms with Gasteiger partial charge in [-0.15, -0.1) is 0 Å². The summed E-state index contributed by atoms with van der Waals surface area (Å²) in [7, 11) is 0. The molecule has 3 nitrogen and oxygen atoms in total. The molecule has 3 rings (SSSR count). The third-order valence-corrected chi connectivity index (χ3v) is 3.85. The summed E-state index contributed by atoms with van der Waals surface area (Å²) < 4.78 is 24.6. The normalized spacial score (nSPS) is 14.4. The summed E-state index contributed by atoms with van der Waals surface area (Å²) >= 11 is 3.39. The van der Waals surface area contributed by atoms with E-state index in [9.17, 15) is 9.50 Å². The Hall–Kier alpha value is -1.59. The molecule has 20 heavy (non-hydrogen) atoms. The van der Waals surface area contributed by atoms with Crippen molar-refractivity contribution in [2.24, 2.45) is 0 Å². The quantitative estimate of drug-likeness (QED) is 0.907. The van der Waals surface area contributed by atoms with Crippen LogP contribution >= 0.6 is 15.9 Å². The van der Waals surface area contributed by atoms with Crippen molar-refractivity contribution < 1.29 is 19.0 Å². The van der Waals surface area contributed by atoms with Gasteiger partial charge in [0.1, 0.15) is 11.9 Å². The Bertz CT molecular complexity index is 672. The van der Waals surface area contributed by atoms with Gasteiger partial charge < -0.3 is 14.6 Å². The SMILES string of the molecule is Cc1cc(C(O)c2cc(Br)c3c(c2)OCO3)ccc1F. The summed E-state index contributed by atoms with van der Waals surface area (Å²) in [5.74, 6) is 0.941. The molecule has 0 saturated carbocycles. The van der Waals surface area contributed by atoms with Crippen LogP contribution in [0.3, 0.4) is 0 Å². The first kappa shape index (κ1) is 13.4. The predicted octanol–water partition coefficient (Wildman–Crippen LogP) is 3.71. The predicted molar refractivity (Wildman–Crippen MR) is 75.5 cm³/mol. The average molecular weight is 339 g/mol. The molecule has 0 radical (unpaired) electrons. The van der Waals surface area contributed by atoms with Gasteiger partial charge in [0.2, 0.25) is 6.79 Å². The maximum absolute atomic E-state index is 13.3. The molecule has 2 aromatic rings. The number of rotatable bonds is 2. The van der Waals surface area contributed by atoms with E-state index < -0.39 is 6.10 Å². The molecule has 0 aliphatic carbocycles. The monoisotopic (exact) mass is 338 g/mol. The number of ether oxygens (including phenoxy) is 2. The van der Waals surface area contributed by atoms with Gasteiger partial charge in [0.05, 0.1) is 4.47 Å². The largest absolute Gasteiger partial charge is 0.454 e. The molecule has 1 aliphatic rings. The second kappa shape index (κ2) is 5.07. The van der Waals surface area contributed by atoms with Gasteiger partial charge in [0.25, 0.3) is 0 Å². The maximum Gasteiger partial charge on any atom is 0.231 e. The fraction of sp³-hybridized carbons (Fsp3) is 0.200. The van der Waals surface area contributed by atoms with Crippen LogP contribution in [0, 0.1) is 12.7 Å². The highest BCUT2D eigenvalue weighted by Crippen LogP contribution is 2.42. The summed E-state index contributed by atoms with van der Waals surface area (Å²) in [6.45, 7) is 1.84. The Labute approximate surface area is 124 Å². The Balaban J connectivity index is 2.00. The van der Waals surface area contributed by atoms with E-state index in [4.69, 9.17) is 9.47 Å². The molecule has 5 heteroatoms. The van der Waals surface area contributed by atoms with Crippen LogP contribution in [0.4, 0.5) is 4.39 Å². The molecule has 0 bridgehead atoms. The van der Waals surface area contributed by atoms with E-state index in [2.05, 4.69) is 15.9 Å². The second-order valence-corrected chi connectivity index (χ2v) is 5.50. The molecular weight excluding hydrogens is 327 g/mol. The van der Waals surface area contributed by atoms with Crippen LogP contribution < -0.4 is 9.47 Å². The molecule has 0 aromatic heterocycles. The van der Waals surface area contributed by atoms with E-state index in [0.29, 0.717) is 28.2 Å². The number of benzene rings is 2. The number of halogens is 2. The summed E-state index contributed by atoms with van der Waals surface area (Å²) in [5, 5.41) is 10.4. The maximum atomic E-state index is 13.3. The van der Waals surface area contributed by atoms with E-state index in [1.807, 2.05) is 0 Å². The van der Waals surface area contributed by atoms with E-state index >= 15 is 0 Å². The van der Waals surface area contributed by atoms with Crippen LogP contribution in [0.25, 0.3) is 0 Å². The molecule has 1 N–H and O–H groups in total. The standard InChI is InChI=1S/C15H12BrFO3/c1-8-4-9(2-3-12(8)17)14(18)10-5-11(16)15-13(6-10)19-7-20-15/h2-6,14,18H,7H2,1H3. The first-order valence-corrected chi connectivity index (χ1v) is 6.88. The zero-order valence-corrected chi connectivity index (χ0v) is 12.3. The zero-order chi connectivity index (χ0) is 14.3. The molecule has 1 atom stereocenters. The highest BCUT2D eigenvalue weighted by atomic mass is 79.9. The molecule has 1 aliphatic heterocycles. The number of hydrogen-bond acceptors (Lipinski definition) is 3. The lowest BCUT2D eigenvalue weighted by molar-refractivity contribution is 0.173. The van der Waals surface area contributed by atoms with Crippen LogP contribution in [0.1, 0.15) is 22.8 Å². The molecule has 0 saturated heterocycles.